The molecule has 2 aromatic heterocycles. The van der Waals surface area contributed by atoms with Crippen molar-refractivity contribution in [3.63, 3.8) is 0 Å². The normalized spacial score (nSPS) is 11.5. The monoisotopic (exact) mass is 445 g/mol. The average molecular weight is 446 g/mol. The number of nitrogens with one attached hydrogen (secondary N) is 1. The molecule has 1 amide bonds. The molecule has 2 aromatic carbocycles. The highest BCUT2D eigenvalue weighted by Gasteiger charge is 2.17. The fourth-order valence-electron chi connectivity index (χ4n) is 3.03. The van der Waals surface area contributed by atoms with Crippen LogP contribution < -0.4 is 5.43 Å². The maximum absolute atomic E-state index is 12.4. The Balaban J connectivity index is 1.55. The molecule has 0 radical (unpaired) electrons. The summed E-state index contributed by atoms with van der Waals surface area (Å²) in [5.41, 5.74) is 7.39. The molecule has 0 saturated heterocycles. The van der Waals surface area contributed by atoms with Gasteiger partial charge in [0.05, 0.1) is 12.0 Å². The molecule has 0 unspecified atom stereocenters. The van der Waals surface area contributed by atoms with Gasteiger partial charge in [0.2, 0.25) is 0 Å². The van der Waals surface area contributed by atoms with Gasteiger partial charge in [-0.15, -0.1) is 10.2 Å². The molecule has 8 heteroatoms. The van der Waals surface area contributed by atoms with E-state index in [0.717, 1.165) is 22.6 Å². The summed E-state index contributed by atoms with van der Waals surface area (Å²) >= 11 is 1.31. The van der Waals surface area contributed by atoms with Gasteiger partial charge < -0.3 is 4.42 Å². The van der Waals surface area contributed by atoms with Gasteiger partial charge in [0.1, 0.15) is 11.5 Å². The van der Waals surface area contributed by atoms with Gasteiger partial charge in [-0.1, -0.05) is 59.3 Å². The zero-order valence-electron chi connectivity index (χ0n) is 18.1. The Labute approximate surface area is 190 Å². The second-order valence-electron chi connectivity index (χ2n) is 7.34. The summed E-state index contributed by atoms with van der Waals surface area (Å²) in [7, 11) is 0. The molecule has 0 aliphatic rings. The van der Waals surface area contributed by atoms with Crippen LogP contribution in [0.5, 0.6) is 0 Å². The smallest absolute Gasteiger partial charge is 0.250 e. The van der Waals surface area contributed by atoms with Crippen molar-refractivity contribution in [2.24, 2.45) is 5.10 Å². The van der Waals surface area contributed by atoms with Gasteiger partial charge in [0.15, 0.2) is 11.0 Å². The van der Waals surface area contributed by atoms with Gasteiger partial charge in [-0.05, 0) is 45.0 Å². The van der Waals surface area contributed by atoms with Crippen LogP contribution in [0.4, 0.5) is 0 Å². The number of thioether (sulfide) groups is 1. The van der Waals surface area contributed by atoms with Gasteiger partial charge >= 0.3 is 0 Å². The Morgan fingerprint density at radius 3 is 2.38 bits per heavy atom. The van der Waals surface area contributed by atoms with E-state index in [0.29, 0.717) is 16.6 Å². The first-order valence-corrected chi connectivity index (χ1v) is 11.1. The topological polar surface area (TPSA) is 85.3 Å². The Hall–Kier alpha value is -3.65. The molecule has 2 heterocycles. The molecule has 0 aliphatic heterocycles. The Morgan fingerprint density at radius 1 is 1.03 bits per heavy atom. The third-order valence-corrected chi connectivity index (χ3v) is 5.72. The highest BCUT2D eigenvalue weighted by molar-refractivity contribution is 7.99. The average Bonchev–Trinajstić information content (AvgIpc) is 3.48. The molecule has 0 atom stereocenters. The number of benzene rings is 2. The molecule has 4 rings (SSSR count). The van der Waals surface area contributed by atoms with Crippen molar-refractivity contribution in [2.45, 2.75) is 25.9 Å². The van der Waals surface area contributed by atoms with Crippen molar-refractivity contribution in [1.82, 2.24) is 20.2 Å². The molecule has 32 heavy (non-hydrogen) atoms. The van der Waals surface area contributed by atoms with Crippen molar-refractivity contribution in [2.75, 3.05) is 5.75 Å². The van der Waals surface area contributed by atoms with Gasteiger partial charge in [-0.25, -0.2) is 5.43 Å². The molecular weight excluding hydrogens is 422 g/mol. The number of hydrazone groups is 1. The highest BCUT2D eigenvalue weighted by atomic mass is 32.2. The van der Waals surface area contributed by atoms with E-state index in [-0.39, 0.29) is 11.7 Å². The van der Waals surface area contributed by atoms with E-state index in [1.807, 2.05) is 66.9 Å². The van der Waals surface area contributed by atoms with Crippen LogP contribution in [0.1, 0.15) is 23.8 Å². The third-order valence-electron chi connectivity index (χ3n) is 4.79. The fourth-order valence-corrected chi connectivity index (χ4v) is 3.77. The van der Waals surface area contributed by atoms with Crippen LogP contribution in [0.2, 0.25) is 0 Å². The summed E-state index contributed by atoms with van der Waals surface area (Å²) in [6.45, 7) is 5.86. The zero-order valence-corrected chi connectivity index (χ0v) is 18.9. The minimum Gasteiger partial charge on any atom is -0.463 e. The molecule has 0 spiro atoms. The van der Waals surface area contributed by atoms with Crippen molar-refractivity contribution in [1.29, 1.82) is 0 Å². The number of aryl methyl sites for hydroxylation is 2. The second kappa shape index (κ2) is 9.65. The Bertz CT molecular complexity index is 1230. The van der Waals surface area contributed by atoms with Crippen LogP contribution in [0.25, 0.3) is 17.1 Å². The number of carbonyl (C=O) groups excluding carboxylic acids is 1. The van der Waals surface area contributed by atoms with E-state index in [1.54, 1.807) is 25.3 Å². The summed E-state index contributed by atoms with van der Waals surface area (Å²) in [4.78, 5) is 12.4. The first-order valence-electron chi connectivity index (χ1n) is 10.1. The van der Waals surface area contributed by atoms with E-state index in [2.05, 4.69) is 20.7 Å². The number of amides is 1. The first-order chi connectivity index (χ1) is 15.5. The molecule has 162 valence electrons. The first kappa shape index (κ1) is 21.6. The summed E-state index contributed by atoms with van der Waals surface area (Å²) in [5, 5.41) is 13.5. The minimum atomic E-state index is -0.240. The lowest BCUT2D eigenvalue weighted by Crippen LogP contribution is -2.21. The largest absolute Gasteiger partial charge is 0.463 e. The number of hydrogen-bond donors (Lipinski definition) is 1. The third kappa shape index (κ3) is 4.97. The maximum Gasteiger partial charge on any atom is 0.250 e. The highest BCUT2D eigenvalue weighted by Crippen LogP contribution is 2.28. The van der Waals surface area contributed by atoms with Crippen LogP contribution in [0, 0.1) is 13.8 Å². The lowest BCUT2D eigenvalue weighted by molar-refractivity contribution is -0.118. The number of carbonyl (C=O) groups is 1. The molecule has 0 bridgehead atoms. The lowest BCUT2D eigenvalue weighted by Gasteiger charge is -2.11. The van der Waals surface area contributed by atoms with Gasteiger partial charge in [0.25, 0.3) is 5.91 Å². The molecular formula is C24H23N5O2S. The number of rotatable bonds is 7. The fraction of sp³-hybridized carbons (Fsp3) is 0.167. The zero-order chi connectivity index (χ0) is 22.5. The summed E-state index contributed by atoms with van der Waals surface area (Å²) in [6.07, 6.45) is 1.57. The van der Waals surface area contributed by atoms with Crippen molar-refractivity contribution in [3.05, 3.63) is 83.8 Å². The number of furan rings is 1. The molecule has 4 aromatic rings. The quantitative estimate of drug-likeness (QED) is 0.251. The summed E-state index contributed by atoms with van der Waals surface area (Å²) < 4.78 is 7.24. The number of nitrogens with zero attached hydrogens (tertiary/aromatic N) is 4. The lowest BCUT2D eigenvalue weighted by atomic mass is 10.1. The van der Waals surface area contributed by atoms with Gasteiger partial charge in [0, 0.05) is 11.3 Å². The second-order valence-corrected chi connectivity index (χ2v) is 8.28. The summed E-state index contributed by atoms with van der Waals surface area (Å²) in [5.74, 6) is 1.24. The van der Waals surface area contributed by atoms with E-state index in [9.17, 15) is 4.79 Å². The standard InChI is InChI=1S/C24H23N5O2S/c1-16-6-10-19(11-7-16)23-27-28-24(29(23)20-12-8-17(2)9-13-20)32-15-22(30)26-25-18(3)21-5-4-14-31-21/h4-14H,15H2,1-3H3,(H,26,30)/b25-18-. The van der Waals surface area contributed by atoms with Gasteiger partial charge in [-0.2, -0.15) is 5.10 Å². The van der Waals surface area contributed by atoms with Crippen LogP contribution in [0.15, 0.2) is 81.6 Å². The minimum absolute atomic E-state index is 0.146. The Kier molecular flexibility index (Phi) is 6.51. The van der Waals surface area contributed by atoms with Crippen LogP contribution in [-0.4, -0.2) is 32.1 Å². The number of aromatic nitrogens is 3. The predicted octanol–water partition coefficient (Wildman–Crippen LogP) is 4.78. The molecule has 7 nitrogen and oxygen atoms in total. The Morgan fingerprint density at radius 2 is 1.72 bits per heavy atom. The molecule has 0 fully saturated rings. The molecule has 0 saturated carbocycles. The molecule has 0 aliphatic carbocycles. The van der Waals surface area contributed by atoms with E-state index >= 15 is 0 Å². The van der Waals surface area contributed by atoms with Gasteiger partial charge in [-0.3, -0.25) is 9.36 Å². The SMILES string of the molecule is C/C(=N/NC(=O)CSc1nnc(-c2ccc(C)cc2)n1-c1ccc(C)cc1)c1ccco1. The van der Waals surface area contributed by atoms with E-state index in [1.165, 1.54) is 17.3 Å². The van der Waals surface area contributed by atoms with Crippen LogP contribution >= 0.6 is 11.8 Å². The van der Waals surface area contributed by atoms with Crippen LogP contribution in [0.3, 0.4) is 0 Å². The van der Waals surface area contributed by atoms with E-state index in [4.69, 9.17) is 4.42 Å². The number of hydrogen-bond acceptors (Lipinski definition) is 6. The van der Waals surface area contributed by atoms with Crippen molar-refractivity contribution < 1.29 is 9.21 Å². The van der Waals surface area contributed by atoms with Crippen LogP contribution in [-0.2, 0) is 4.79 Å². The maximum atomic E-state index is 12.4. The van der Waals surface area contributed by atoms with Crippen molar-refractivity contribution >= 4 is 23.4 Å². The van der Waals surface area contributed by atoms with E-state index < -0.39 is 0 Å². The summed E-state index contributed by atoms with van der Waals surface area (Å²) in [6, 6.07) is 19.8. The predicted molar refractivity (Wildman–Crippen MR) is 126 cm³/mol. The van der Waals surface area contributed by atoms with Crippen molar-refractivity contribution in [3.8, 4) is 17.1 Å². The molecule has 1 N–H and O–H groups in total.